The fourth-order valence-corrected chi connectivity index (χ4v) is 11.7. The Morgan fingerprint density at radius 1 is 0.583 bits per heavy atom. The molecule has 0 amide bonds. The second kappa shape index (κ2) is 19.8. The fourth-order valence-electron chi connectivity index (χ4n) is 11.7. The molecule has 366 valence electrons. The Balaban J connectivity index is 0.00000560. The van der Waals surface area contributed by atoms with E-state index in [1.807, 2.05) is 48.7 Å². The molecule has 8 heteroatoms. The first-order chi connectivity index (χ1) is 34.6. The van der Waals surface area contributed by atoms with Crippen molar-refractivity contribution in [2.24, 2.45) is 0 Å². The van der Waals surface area contributed by atoms with Crippen molar-refractivity contribution in [1.82, 2.24) is 9.55 Å². The topological polar surface area (TPSA) is 33.5 Å². The van der Waals surface area contributed by atoms with Crippen molar-refractivity contribution in [2.45, 2.75) is 102 Å². The van der Waals surface area contributed by atoms with Crippen molar-refractivity contribution in [1.29, 1.82) is 0 Å². The van der Waals surface area contributed by atoms with Crippen molar-refractivity contribution in [3.05, 3.63) is 199 Å². The van der Waals surface area contributed by atoms with Gasteiger partial charge < -0.3 is 19.1 Å². The number of halogens is 2. The maximum absolute atomic E-state index is 14.8. The minimum Gasteiger partial charge on any atom is -0.509 e. The fraction of sp³-hybridized carbons (Fsp3) is 0.250. The van der Waals surface area contributed by atoms with Crippen LogP contribution in [0.2, 0.25) is 0 Å². The van der Waals surface area contributed by atoms with Crippen LogP contribution in [0.3, 0.4) is 0 Å². The quantitative estimate of drug-likeness (QED) is 0.135. The molecule has 0 bridgehead atoms. The van der Waals surface area contributed by atoms with Crippen molar-refractivity contribution in [3.8, 4) is 39.6 Å². The van der Waals surface area contributed by atoms with Gasteiger partial charge in [-0.2, -0.15) is 6.07 Å². The summed E-state index contributed by atoms with van der Waals surface area (Å²) in [6.07, 6.45) is 14.2. The normalized spacial score (nSPS) is 15.5. The van der Waals surface area contributed by atoms with E-state index in [4.69, 9.17) is 9.72 Å². The zero-order valence-corrected chi connectivity index (χ0v) is 43.3. The van der Waals surface area contributed by atoms with Crippen LogP contribution in [0.25, 0.3) is 49.9 Å². The van der Waals surface area contributed by atoms with Crippen molar-refractivity contribution >= 4 is 44.6 Å². The molecule has 0 spiro atoms. The number of benzene rings is 7. The Hall–Kier alpha value is -6.56. The van der Waals surface area contributed by atoms with Crippen LogP contribution in [0, 0.1) is 30.4 Å². The molecule has 9 aromatic rings. The molecule has 0 saturated heterocycles. The van der Waals surface area contributed by atoms with E-state index >= 15 is 0 Å². The van der Waals surface area contributed by atoms with Gasteiger partial charge in [-0.25, -0.2) is 13.8 Å². The summed E-state index contributed by atoms with van der Waals surface area (Å²) in [6.45, 7) is 8.75. The number of fused-ring (bicyclic) bond motifs is 4. The summed E-state index contributed by atoms with van der Waals surface area (Å²) in [6, 6.07) is 55.8. The number of hydrogen-bond donors (Lipinski definition) is 0. The smallest absolute Gasteiger partial charge is 0.135 e. The molecule has 7 aromatic carbocycles. The molecule has 5 nitrogen and oxygen atoms in total. The van der Waals surface area contributed by atoms with E-state index in [9.17, 15) is 8.78 Å². The summed E-state index contributed by atoms with van der Waals surface area (Å²) < 4.78 is 38.9. The van der Waals surface area contributed by atoms with Crippen LogP contribution in [0.4, 0.5) is 31.5 Å². The third kappa shape index (κ3) is 9.04. The minimum atomic E-state index is -0.619. The molecule has 2 aliphatic carbocycles. The first kappa shape index (κ1) is 47.7. The first-order valence-corrected chi connectivity index (χ1v) is 25.5. The van der Waals surface area contributed by atoms with Gasteiger partial charge in [0.25, 0.3) is 0 Å². The van der Waals surface area contributed by atoms with Gasteiger partial charge in [-0.1, -0.05) is 132 Å². The second-order valence-electron chi connectivity index (χ2n) is 20.8. The van der Waals surface area contributed by atoms with Crippen LogP contribution in [0.1, 0.15) is 114 Å². The van der Waals surface area contributed by atoms with E-state index in [0.717, 1.165) is 62.0 Å². The molecule has 3 aliphatic rings. The monoisotopic (exact) mass is 1130 g/mol. The number of anilines is 4. The molecule has 0 N–H and O–H groups in total. The zero-order chi connectivity index (χ0) is 48.2. The minimum absolute atomic E-state index is 0. The molecule has 1 aliphatic heterocycles. The van der Waals surface area contributed by atoms with Gasteiger partial charge >= 0.3 is 0 Å². The molecular weight excluding hydrogens is 1070 g/mol. The van der Waals surface area contributed by atoms with Gasteiger partial charge in [0.1, 0.15) is 17.5 Å². The van der Waals surface area contributed by atoms with E-state index in [1.54, 1.807) is 0 Å². The van der Waals surface area contributed by atoms with Gasteiger partial charge in [0.2, 0.25) is 0 Å². The second-order valence-corrected chi connectivity index (χ2v) is 20.8. The van der Waals surface area contributed by atoms with Gasteiger partial charge in [-0.05, 0) is 125 Å². The Labute approximate surface area is 436 Å². The molecule has 3 heterocycles. The van der Waals surface area contributed by atoms with Gasteiger partial charge in [-0.3, -0.25) is 0 Å². The molecular formula is C64H57F2N4OPt-3. The molecule has 2 fully saturated rings. The number of pyridine rings is 1. The molecule has 0 unspecified atom stereocenters. The Bertz CT molecular complexity index is 3400. The predicted octanol–water partition coefficient (Wildman–Crippen LogP) is 18.0. The number of aromatic nitrogens is 2. The summed E-state index contributed by atoms with van der Waals surface area (Å²) in [5.74, 6) is 1.70. The van der Waals surface area contributed by atoms with Gasteiger partial charge in [-0.15, -0.1) is 53.6 Å². The van der Waals surface area contributed by atoms with Crippen molar-refractivity contribution in [3.63, 3.8) is 0 Å². The Morgan fingerprint density at radius 3 is 1.92 bits per heavy atom. The molecule has 0 radical (unpaired) electrons. The molecule has 72 heavy (non-hydrogen) atoms. The summed E-state index contributed by atoms with van der Waals surface area (Å²) in [5, 5.41) is 2.19. The van der Waals surface area contributed by atoms with E-state index in [2.05, 4.69) is 139 Å². The van der Waals surface area contributed by atoms with E-state index in [-0.39, 0.29) is 26.5 Å². The number of nitrogens with zero attached hydrogens (tertiary/aromatic N) is 4. The third-order valence-corrected chi connectivity index (χ3v) is 15.2. The van der Waals surface area contributed by atoms with Crippen LogP contribution in [-0.2, 0) is 26.5 Å². The molecule has 2 saturated carbocycles. The van der Waals surface area contributed by atoms with Crippen molar-refractivity contribution < 1.29 is 34.6 Å². The maximum atomic E-state index is 14.8. The van der Waals surface area contributed by atoms with Gasteiger partial charge in [0, 0.05) is 73.0 Å². The average Bonchev–Trinajstić information content (AvgIpc) is 3.94. The van der Waals surface area contributed by atoms with E-state index in [1.165, 1.54) is 98.6 Å². The summed E-state index contributed by atoms with van der Waals surface area (Å²) in [7, 11) is 0. The van der Waals surface area contributed by atoms with Crippen LogP contribution in [-0.4, -0.2) is 9.55 Å². The van der Waals surface area contributed by atoms with Crippen LogP contribution >= 0.6 is 0 Å². The van der Waals surface area contributed by atoms with Crippen molar-refractivity contribution in [2.75, 3.05) is 9.80 Å². The Morgan fingerprint density at radius 2 is 1.22 bits per heavy atom. The third-order valence-electron chi connectivity index (χ3n) is 15.2. The average molecular weight is 1130 g/mol. The maximum Gasteiger partial charge on any atom is 0.135 e. The van der Waals surface area contributed by atoms with Gasteiger partial charge in [0.15, 0.2) is 0 Å². The predicted molar refractivity (Wildman–Crippen MR) is 285 cm³/mol. The molecule has 0 atom stereocenters. The number of para-hydroxylation sites is 4. The number of ether oxygens (including phenoxy) is 1. The van der Waals surface area contributed by atoms with Crippen LogP contribution < -0.4 is 14.5 Å². The largest absolute Gasteiger partial charge is 0.509 e. The SMILES string of the molecule is CC(C)(C)c1ccnc(-n2c3[c-]c(Oc4[c-]c(N5[CH-]N(c6ccccc6-c6cc(F)cc(F)c6)c6ccccc65)cc(-c5c(C6CCCCC6)cccc5C5CCCCC5)c4)ccc3c3ccccc32)c1.[Pt]. The van der Waals surface area contributed by atoms with Crippen LogP contribution in [0.15, 0.2) is 152 Å². The molecule has 2 aromatic heterocycles. The zero-order valence-electron chi connectivity index (χ0n) is 41.0. The number of rotatable bonds is 9. The number of hydrogen-bond acceptors (Lipinski definition) is 4. The van der Waals surface area contributed by atoms with E-state index in [0.29, 0.717) is 34.5 Å². The van der Waals surface area contributed by atoms with Gasteiger partial charge in [0.05, 0.1) is 0 Å². The summed E-state index contributed by atoms with van der Waals surface area (Å²) in [5.41, 5.74) is 13.0. The summed E-state index contributed by atoms with van der Waals surface area (Å²) >= 11 is 0. The van der Waals surface area contributed by atoms with Crippen LogP contribution in [0.5, 0.6) is 11.5 Å². The van der Waals surface area contributed by atoms with E-state index < -0.39 is 11.6 Å². The molecule has 12 rings (SSSR count). The standard InChI is InChI=1S/C64H57F2N4O.Pt/c1-64(2,3)46-31-32-67-62(37-46)70-58-26-13-11-22-55(58)56-30-29-50(40-61(56)70)71-51-36-45(63-53(42-17-6-4-7-18-42)23-16-24-54(63)43-19-8-5-9-20-43)35-49(39-51)68-41-69(60-28-15-14-27-59(60)68)57-25-12-10-21-52(57)44-33-47(65)38-48(66)34-44;/h10-16,21-38,41-43H,4-9,17-20H2,1-3H3;/q-3;. The summed E-state index contributed by atoms with van der Waals surface area (Å²) in [4.78, 5) is 9.22. The first-order valence-electron chi connectivity index (χ1n) is 25.5. The Kier molecular flexibility index (Phi) is 13.1.